The summed E-state index contributed by atoms with van der Waals surface area (Å²) in [4.78, 5) is 28.6. The molecule has 0 saturated carbocycles. The van der Waals surface area contributed by atoms with E-state index in [1.165, 1.54) is 39.4 Å². The van der Waals surface area contributed by atoms with E-state index in [2.05, 4.69) is 17.7 Å². The molecule has 0 spiro atoms. The van der Waals surface area contributed by atoms with Crippen LogP contribution in [0.1, 0.15) is 52.9 Å². The maximum absolute atomic E-state index is 9.82. The zero-order valence-corrected chi connectivity index (χ0v) is 13.1. The minimum Gasteiger partial charge on any atom is -0.469 e. The van der Waals surface area contributed by atoms with Gasteiger partial charge in [0.05, 0.1) is 7.11 Å². The van der Waals surface area contributed by atoms with Crippen molar-refractivity contribution in [1.29, 1.82) is 0 Å². The first-order valence-electron chi connectivity index (χ1n) is 6.85. The third kappa shape index (κ3) is 44.1. The minimum atomic E-state index is -0.245. The standard InChI is InChI=1S/C10H16O.C3H6O2.C3H6O/c1-2-3-4-5-6-7-8-9-10-11;1-3(4)5-2;1-2-3-4/h6-10H,2-5H2,1H3;1-2H3;3H,2H2,1H3/b7-6+,9-8+;;. The molecule has 0 atom stereocenters. The van der Waals surface area contributed by atoms with Crippen LogP contribution in [0, 0.1) is 0 Å². The Labute approximate surface area is 122 Å². The van der Waals surface area contributed by atoms with Crippen molar-refractivity contribution in [2.75, 3.05) is 7.11 Å². The van der Waals surface area contributed by atoms with E-state index >= 15 is 0 Å². The lowest BCUT2D eigenvalue weighted by Crippen LogP contribution is -1.88. The Hall–Kier alpha value is -1.71. The number of hydrogen-bond donors (Lipinski definition) is 0. The number of aldehydes is 2. The summed E-state index contributed by atoms with van der Waals surface area (Å²) in [6.45, 7) is 5.36. The molecular formula is C16H28O4. The van der Waals surface area contributed by atoms with Crippen molar-refractivity contribution in [3.63, 3.8) is 0 Å². The summed E-state index contributed by atoms with van der Waals surface area (Å²) in [5, 5.41) is 0. The lowest BCUT2D eigenvalue weighted by atomic mass is 10.2. The van der Waals surface area contributed by atoms with Gasteiger partial charge in [-0.2, -0.15) is 0 Å². The summed E-state index contributed by atoms with van der Waals surface area (Å²) in [5.74, 6) is -0.245. The van der Waals surface area contributed by atoms with E-state index in [1.807, 2.05) is 13.0 Å². The second-order valence-corrected chi connectivity index (χ2v) is 3.72. The molecule has 0 heterocycles. The molecule has 0 aliphatic carbocycles. The number of esters is 1. The highest BCUT2D eigenvalue weighted by atomic mass is 16.5. The van der Waals surface area contributed by atoms with E-state index < -0.39 is 0 Å². The van der Waals surface area contributed by atoms with Crippen LogP contribution in [0.2, 0.25) is 0 Å². The molecule has 0 aromatic rings. The first-order chi connectivity index (χ1) is 9.60. The van der Waals surface area contributed by atoms with Crippen LogP contribution in [0.3, 0.4) is 0 Å². The molecule has 0 bridgehead atoms. The molecular weight excluding hydrogens is 256 g/mol. The Kier molecular flexibility index (Phi) is 30.4. The molecule has 0 aliphatic heterocycles. The van der Waals surface area contributed by atoms with Gasteiger partial charge in [-0.1, -0.05) is 44.9 Å². The van der Waals surface area contributed by atoms with Crippen molar-refractivity contribution >= 4 is 18.5 Å². The zero-order valence-electron chi connectivity index (χ0n) is 13.1. The molecule has 0 rings (SSSR count). The number of rotatable bonds is 7. The third-order valence-corrected chi connectivity index (χ3v) is 1.87. The normalized spacial score (nSPS) is 9.20. The minimum absolute atomic E-state index is 0.245. The van der Waals surface area contributed by atoms with Crippen LogP contribution in [-0.4, -0.2) is 25.7 Å². The summed E-state index contributed by atoms with van der Waals surface area (Å²) in [6.07, 6.45) is 14.5. The molecule has 0 aliphatic rings. The van der Waals surface area contributed by atoms with Crippen LogP contribution in [0.4, 0.5) is 0 Å². The highest BCUT2D eigenvalue weighted by molar-refractivity contribution is 5.65. The van der Waals surface area contributed by atoms with E-state index in [0.29, 0.717) is 6.42 Å². The Morgan fingerprint density at radius 1 is 1.05 bits per heavy atom. The Morgan fingerprint density at radius 2 is 1.60 bits per heavy atom. The van der Waals surface area contributed by atoms with Gasteiger partial charge >= 0.3 is 5.97 Å². The van der Waals surface area contributed by atoms with Gasteiger partial charge in [-0.05, 0) is 18.9 Å². The molecule has 0 fully saturated rings. The van der Waals surface area contributed by atoms with E-state index in [-0.39, 0.29) is 5.97 Å². The van der Waals surface area contributed by atoms with Crippen LogP contribution < -0.4 is 0 Å². The quantitative estimate of drug-likeness (QED) is 0.235. The van der Waals surface area contributed by atoms with Crippen LogP contribution in [-0.2, 0) is 19.1 Å². The molecule has 0 unspecified atom stereocenters. The van der Waals surface area contributed by atoms with Gasteiger partial charge in [0, 0.05) is 13.3 Å². The fraction of sp³-hybridized carbons (Fsp3) is 0.562. The fourth-order valence-corrected chi connectivity index (χ4v) is 0.796. The van der Waals surface area contributed by atoms with Crippen molar-refractivity contribution < 1.29 is 19.1 Å². The second-order valence-electron chi connectivity index (χ2n) is 3.72. The highest BCUT2D eigenvalue weighted by Crippen LogP contribution is 1.99. The van der Waals surface area contributed by atoms with Crippen molar-refractivity contribution in [2.45, 2.75) is 52.9 Å². The number of hydrogen-bond acceptors (Lipinski definition) is 4. The SMILES string of the molecule is CCC=O.CCCCC/C=C/C=C/C=O.COC(C)=O. The van der Waals surface area contributed by atoms with Gasteiger partial charge in [-0.25, -0.2) is 0 Å². The number of ether oxygens (including phenoxy) is 1. The molecule has 4 nitrogen and oxygen atoms in total. The summed E-state index contributed by atoms with van der Waals surface area (Å²) in [7, 11) is 1.35. The molecule has 4 heteroatoms. The molecule has 0 aromatic heterocycles. The van der Waals surface area contributed by atoms with Crippen LogP contribution in [0.5, 0.6) is 0 Å². The Bertz CT molecular complexity index is 268. The number of carbonyl (C=O) groups is 3. The largest absolute Gasteiger partial charge is 0.469 e. The average molecular weight is 284 g/mol. The summed E-state index contributed by atoms with van der Waals surface area (Å²) in [6, 6.07) is 0. The maximum Gasteiger partial charge on any atom is 0.302 e. The van der Waals surface area contributed by atoms with Crippen molar-refractivity contribution in [2.24, 2.45) is 0 Å². The van der Waals surface area contributed by atoms with Crippen LogP contribution >= 0.6 is 0 Å². The Balaban J connectivity index is -0.000000266. The number of carbonyl (C=O) groups excluding carboxylic acids is 3. The second kappa shape index (κ2) is 26.0. The topological polar surface area (TPSA) is 60.4 Å². The lowest BCUT2D eigenvalue weighted by molar-refractivity contribution is -0.137. The number of allylic oxidation sites excluding steroid dienone is 4. The number of unbranched alkanes of at least 4 members (excludes halogenated alkanes) is 3. The van der Waals surface area contributed by atoms with Gasteiger partial charge in [0.25, 0.3) is 0 Å². The number of methoxy groups -OCH3 is 1. The average Bonchev–Trinajstić information content (AvgIpc) is 2.47. The molecule has 0 aromatic carbocycles. The maximum atomic E-state index is 9.82. The fourth-order valence-electron chi connectivity index (χ4n) is 0.796. The first-order valence-corrected chi connectivity index (χ1v) is 6.85. The van der Waals surface area contributed by atoms with Crippen molar-refractivity contribution in [1.82, 2.24) is 0 Å². The summed E-state index contributed by atoms with van der Waals surface area (Å²) in [5.41, 5.74) is 0. The van der Waals surface area contributed by atoms with Gasteiger partial charge in [0.15, 0.2) is 0 Å². The molecule has 0 saturated heterocycles. The van der Waals surface area contributed by atoms with Crippen molar-refractivity contribution in [3.05, 3.63) is 24.3 Å². The predicted octanol–water partition coefficient (Wildman–Crippen LogP) is 3.65. The highest BCUT2D eigenvalue weighted by Gasteiger charge is 1.79. The predicted molar refractivity (Wildman–Crippen MR) is 82.5 cm³/mol. The van der Waals surface area contributed by atoms with E-state index in [4.69, 9.17) is 0 Å². The summed E-state index contributed by atoms with van der Waals surface area (Å²) < 4.78 is 4.11. The van der Waals surface area contributed by atoms with Crippen LogP contribution in [0.25, 0.3) is 0 Å². The van der Waals surface area contributed by atoms with Gasteiger partial charge in [0.2, 0.25) is 0 Å². The van der Waals surface area contributed by atoms with Crippen molar-refractivity contribution in [3.8, 4) is 0 Å². The molecule has 0 radical (unpaired) electrons. The third-order valence-electron chi connectivity index (χ3n) is 1.87. The van der Waals surface area contributed by atoms with Crippen LogP contribution in [0.15, 0.2) is 24.3 Å². The van der Waals surface area contributed by atoms with Gasteiger partial charge < -0.3 is 9.53 Å². The van der Waals surface area contributed by atoms with Gasteiger partial charge in [-0.3, -0.25) is 9.59 Å². The lowest BCUT2D eigenvalue weighted by Gasteiger charge is -1.89. The molecule has 0 amide bonds. The van der Waals surface area contributed by atoms with E-state index in [0.717, 1.165) is 19.0 Å². The molecule has 116 valence electrons. The zero-order chi connectivity index (χ0) is 16.1. The van der Waals surface area contributed by atoms with Gasteiger partial charge in [-0.15, -0.1) is 0 Å². The smallest absolute Gasteiger partial charge is 0.302 e. The Morgan fingerprint density at radius 3 is 1.95 bits per heavy atom. The molecule has 0 N–H and O–H groups in total. The monoisotopic (exact) mass is 284 g/mol. The first kappa shape index (κ1) is 23.4. The molecule has 20 heavy (non-hydrogen) atoms. The van der Waals surface area contributed by atoms with E-state index in [1.54, 1.807) is 6.08 Å². The van der Waals surface area contributed by atoms with Gasteiger partial charge in [0.1, 0.15) is 12.6 Å². The van der Waals surface area contributed by atoms with E-state index in [9.17, 15) is 14.4 Å². The summed E-state index contributed by atoms with van der Waals surface area (Å²) >= 11 is 0.